The van der Waals surface area contributed by atoms with Crippen molar-refractivity contribution in [2.45, 2.75) is 128 Å². The molecule has 0 aromatic rings. The first-order valence-corrected chi connectivity index (χ1v) is 12.5. The summed E-state index contributed by atoms with van der Waals surface area (Å²) in [4.78, 5) is 0. The van der Waals surface area contributed by atoms with Crippen LogP contribution in [0, 0.1) is 0 Å². The molecule has 1 aliphatic rings. The van der Waals surface area contributed by atoms with Gasteiger partial charge in [-0.1, -0.05) is 89.2 Å². The van der Waals surface area contributed by atoms with Crippen molar-refractivity contribution in [1.29, 1.82) is 0 Å². The topological polar surface area (TPSA) is 79.2 Å². The third-order valence-electron chi connectivity index (χ3n) is 6.03. The lowest BCUT2D eigenvalue weighted by atomic mass is 10.0. The number of unbranched alkanes of at least 4 members (excludes halogenated alkanes) is 14. The van der Waals surface area contributed by atoms with E-state index in [0.717, 1.165) is 6.42 Å². The van der Waals surface area contributed by atoms with Crippen LogP contribution >= 0.6 is 0 Å². The van der Waals surface area contributed by atoms with Crippen LogP contribution in [0.15, 0.2) is 12.2 Å². The Balaban J connectivity index is 1.75. The molecule has 0 aliphatic carbocycles. The van der Waals surface area contributed by atoms with Crippen LogP contribution in [0.5, 0.6) is 0 Å². The maximum atomic E-state index is 9.84. The van der Waals surface area contributed by atoms with E-state index in [1.165, 1.54) is 89.9 Å². The van der Waals surface area contributed by atoms with Crippen LogP contribution in [0.4, 0.5) is 0 Å². The van der Waals surface area contributed by atoms with Crippen molar-refractivity contribution < 1.29 is 24.8 Å². The van der Waals surface area contributed by atoms with Crippen LogP contribution in [0.1, 0.15) is 103 Å². The van der Waals surface area contributed by atoms with E-state index in [2.05, 4.69) is 19.1 Å². The summed E-state index contributed by atoms with van der Waals surface area (Å²) in [7, 11) is 0. The summed E-state index contributed by atoms with van der Waals surface area (Å²) in [6.45, 7) is 3.06. The Morgan fingerprint density at radius 2 is 1.23 bits per heavy atom. The monoisotopic (exact) mass is 428 g/mol. The molecule has 0 aromatic heterocycles. The molecule has 3 N–H and O–H groups in total. The normalized spacial score (nSPS) is 24.7. The van der Waals surface area contributed by atoms with Crippen molar-refractivity contribution in [1.82, 2.24) is 0 Å². The SMILES string of the molecule is C/C=C/CCCCCCCCCCCCCCCCOC[C@H]1OC[C@H](O)[C@@H](O)[C@@H]1O. The number of allylic oxidation sites excluding steroid dienone is 2. The minimum absolute atomic E-state index is 0.0450. The van der Waals surface area contributed by atoms with Gasteiger partial charge in [0, 0.05) is 6.61 Å². The second-order valence-corrected chi connectivity index (χ2v) is 8.80. The third kappa shape index (κ3) is 13.8. The highest BCUT2D eigenvalue weighted by Crippen LogP contribution is 2.16. The lowest BCUT2D eigenvalue weighted by Gasteiger charge is -2.35. The largest absolute Gasteiger partial charge is 0.388 e. The Hall–Kier alpha value is -0.460. The van der Waals surface area contributed by atoms with Crippen molar-refractivity contribution in [2.75, 3.05) is 19.8 Å². The molecule has 1 heterocycles. The van der Waals surface area contributed by atoms with E-state index >= 15 is 0 Å². The van der Waals surface area contributed by atoms with E-state index in [1.54, 1.807) is 0 Å². The molecule has 0 aromatic carbocycles. The highest BCUT2D eigenvalue weighted by molar-refractivity contribution is 4.86. The fraction of sp³-hybridized carbons (Fsp3) is 0.920. The molecule has 1 fully saturated rings. The first kappa shape index (κ1) is 27.6. The number of hydrogen-bond donors (Lipinski definition) is 3. The molecular formula is C25H48O5. The fourth-order valence-corrected chi connectivity index (χ4v) is 3.97. The molecule has 5 heteroatoms. The zero-order valence-electron chi connectivity index (χ0n) is 19.4. The summed E-state index contributed by atoms with van der Waals surface area (Å²) in [5.74, 6) is 0. The molecule has 4 atom stereocenters. The smallest absolute Gasteiger partial charge is 0.111 e. The van der Waals surface area contributed by atoms with Gasteiger partial charge in [-0.25, -0.2) is 0 Å². The van der Waals surface area contributed by atoms with Gasteiger partial charge in [0.1, 0.15) is 24.4 Å². The van der Waals surface area contributed by atoms with Gasteiger partial charge < -0.3 is 24.8 Å². The Kier molecular flexibility index (Phi) is 17.7. The van der Waals surface area contributed by atoms with E-state index in [-0.39, 0.29) is 13.2 Å². The average molecular weight is 429 g/mol. The van der Waals surface area contributed by atoms with E-state index in [1.807, 2.05) is 0 Å². The molecule has 1 rings (SSSR count). The van der Waals surface area contributed by atoms with Crippen molar-refractivity contribution in [3.63, 3.8) is 0 Å². The molecule has 0 spiro atoms. The Labute approximate surface area is 184 Å². The van der Waals surface area contributed by atoms with Crippen LogP contribution in [-0.4, -0.2) is 59.6 Å². The van der Waals surface area contributed by atoms with E-state index < -0.39 is 24.4 Å². The van der Waals surface area contributed by atoms with Crippen molar-refractivity contribution in [3.05, 3.63) is 12.2 Å². The molecule has 0 amide bonds. The first-order valence-electron chi connectivity index (χ1n) is 12.5. The van der Waals surface area contributed by atoms with Crippen molar-refractivity contribution in [2.24, 2.45) is 0 Å². The summed E-state index contributed by atoms with van der Waals surface area (Å²) in [5.41, 5.74) is 0. The van der Waals surface area contributed by atoms with E-state index in [0.29, 0.717) is 6.61 Å². The van der Waals surface area contributed by atoms with Gasteiger partial charge in [0.15, 0.2) is 0 Å². The van der Waals surface area contributed by atoms with Gasteiger partial charge in [0.25, 0.3) is 0 Å². The van der Waals surface area contributed by atoms with E-state index in [4.69, 9.17) is 9.47 Å². The zero-order valence-corrected chi connectivity index (χ0v) is 19.4. The van der Waals surface area contributed by atoms with Gasteiger partial charge in [0.2, 0.25) is 0 Å². The number of ether oxygens (including phenoxy) is 2. The van der Waals surface area contributed by atoms with Gasteiger partial charge in [-0.15, -0.1) is 0 Å². The molecular weight excluding hydrogens is 380 g/mol. The summed E-state index contributed by atoms with van der Waals surface area (Å²) >= 11 is 0. The predicted octanol–water partition coefficient (Wildman–Crippen LogP) is 4.91. The van der Waals surface area contributed by atoms with Crippen molar-refractivity contribution >= 4 is 0 Å². The highest BCUT2D eigenvalue weighted by Gasteiger charge is 2.37. The van der Waals surface area contributed by atoms with Crippen LogP contribution < -0.4 is 0 Å². The Bertz CT molecular complexity index is 401. The molecule has 5 nitrogen and oxygen atoms in total. The van der Waals surface area contributed by atoms with Crippen LogP contribution in [0.3, 0.4) is 0 Å². The molecule has 0 bridgehead atoms. The number of hydrogen-bond acceptors (Lipinski definition) is 5. The number of aliphatic hydroxyl groups excluding tert-OH is 3. The van der Waals surface area contributed by atoms with Gasteiger partial charge in [-0.3, -0.25) is 0 Å². The quantitative estimate of drug-likeness (QED) is 0.201. The lowest BCUT2D eigenvalue weighted by Crippen LogP contribution is -2.54. The highest BCUT2D eigenvalue weighted by atomic mass is 16.6. The van der Waals surface area contributed by atoms with Gasteiger partial charge >= 0.3 is 0 Å². The predicted molar refractivity (Wildman–Crippen MR) is 123 cm³/mol. The molecule has 0 unspecified atom stereocenters. The van der Waals surface area contributed by atoms with Crippen LogP contribution in [0.25, 0.3) is 0 Å². The van der Waals surface area contributed by atoms with Gasteiger partial charge in [-0.05, 0) is 26.2 Å². The van der Waals surface area contributed by atoms with E-state index in [9.17, 15) is 15.3 Å². The fourth-order valence-electron chi connectivity index (χ4n) is 3.97. The minimum atomic E-state index is -1.15. The first-order chi connectivity index (χ1) is 14.7. The summed E-state index contributed by atoms with van der Waals surface area (Å²) < 4.78 is 10.9. The Morgan fingerprint density at radius 1 is 0.733 bits per heavy atom. The molecule has 30 heavy (non-hydrogen) atoms. The summed E-state index contributed by atoms with van der Waals surface area (Å²) in [6.07, 6.45) is 20.5. The standard InChI is InChI=1S/C25H48O5/c1-2-3-4-5-6-7-8-9-10-11-12-13-14-15-16-17-18-19-29-21-23-25(28)24(27)22(26)20-30-23/h2-3,22-28H,4-21H2,1H3/b3-2+/t22-,23+,24+,25+/m0/s1. The average Bonchev–Trinajstić information content (AvgIpc) is 2.75. The number of aliphatic hydroxyl groups is 3. The van der Waals surface area contributed by atoms with Crippen LogP contribution in [-0.2, 0) is 9.47 Å². The summed E-state index contributed by atoms with van der Waals surface area (Å²) in [5, 5.41) is 28.9. The lowest BCUT2D eigenvalue weighted by molar-refractivity contribution is -0.199. The molecule has 0 radical (unpaired) electrons. The van der Waals surface area contributed by atoms with Gasteiger partial charge in [-0.2, -0.15) is 0 Å². The maximum absolute atomic E-state index is 9.84. The molecule has 0 saturated carbocycles. The zero-order chi connectivity index (χ0) is 21.9. The van der Waals surface area contributed by atoms with Crippen LogP contribution in [0.2, 0.25) is 0 Å². The van der Waals surface area contributed by atoms with Crippen molar-refractivity contribution in [3.8, 4) is 0 Å². The number of rotatable bonds is 19. The molecule has 1 saturated heterocycles. The molecule has 178 valence electrons. The Morgan fingerprint density at radius 3 is 1.77 bits per heavy atom. The van der Waals surface area contributed by atoms with Gasteiger partial charge in [0.05, 0.1) is 13.2 Å². The second kappa shape index (κ2) is 19.2. The second-order valence-electron chi connectivity index (χ2n) is 8.80. The summed E-state index contributed by atoms with van der Waals surface area (Å²) in [6, 6.07) is 0. The molecule has 1 aliphatic heterocycles. The maximum Gasteiger partial charge on any atom is 0.111 e. The third-order valence-corrected chi connectivity index (χ3v) is 6.03. The minimum Gasteiger partial charge on any atom is -0.388 e.